The van der Waals surface area contributed by atoms with E-state index in [1.165, 1.54) is 24.3 Å². The van der Waals surface area contributed by atoms with Crippen LogP contribution >= 0.6 is 11.6 Å². The number of rotatable bonds is 5. The molecule has 0 spiro atoms. The second-order valence-electron chi connectivity index (χ2n) is 5.93. The number of carbonyl (C=O) groups is 1. The summed E-state index contributed by atoms with van der Waals surface area (Å²) in [5.74, 6) is -0.404. The van der Waals surface area contributed by atoms with Crippen LogP contribution in [0.25, 0.3) is 0 Å². The minimum absolute atomic E-state index is 0.0573. The van der Waals surface area contributed by atoms with Crippen molar-refractivity contribution in [3.05, 3.63) is 88.9 Å². The third-order valence-corrected chi connectivity index (χ3v) is 5.45. The molecule has 7 heteroatoms. The molecule has 2 N–H and O–H groups in total. The Balaban J connectivity index is 1.92. The molecule has 0 saturated heterocycles. The van der Waals surface area contributed by atoms with E-state index >= 15 is 0 Å². The summed E-state index contributed by atoms with van der Waals surface area (Å²) in [6, 6.07) is 19.7. The molecule has 0 aliphatic rings. The fourth-order valence-corrected chi connectivity index (χ4v) is 3.68. The van der Waals surface area contributed by atoms with Gasteiger partial charge in [0.05, 0.1) is 16.1 Å². The van der Waals surface area contributed by atoms with Gasteiger partial charge >= 0.3 is 0 Å². The molecule has 3 rings (SSSR count). The number of halogens is 1. The van der Waals surface area contributed by atoms with E-state index in [9.17, 15) is 13.2 Å². The molecule has 3 aromatic carbocycles. The molecule has 1 amide bonds. The molecule has 27 heavy (non-hydrogen) atoms. The number of amides is 1. The molecule has 3 aromatic rings. The van der Waals surface area contributed by atoms with Crippen LogP contribution in [0.15, 0.2) is 77.7 Å². The molecule has 0 saturated carbocycles. The summed E-state index contributed by atoms with van der Waals surface area (Å²) in [4.78, 5) is 12.7. The molecule has 0 aliphatic carbocycles. The summed E-state index contributed by atoms with van der Waals surface area (Å²) in [6.07, 6.45) is 0. The molecule has 0 radical (unpaired) electrons. The molecule has 0 bridgehead atoms. The predicted octanol–water partition coefficient (Wildman–Crippen LogP) is 4.70. The number of benzene rings is 3. The second kappa shape index (κ2) is 7.82. The smallest absolute Gasteiger partial charge is 0.261 e. The highest BCUT2D eigenvalue weighted by Crippen LogP contribution is 2.23. The number of sulfonamides is 1. The van der Waals surface area contributed by atoms with Crippen molar-refractivity contribution < 1.29 is 13.2 Å². The van der Waals surface area contributed by atoms with E-state index in [-0.39, 0.29) is 16.1 Å². The van der Waals surface area contributed by atoms with Crippen LogP contribution in [0.3, 0.4) is 0 Å². The number of hydrogen-bond acceptors (Lipinski definition) is 3. The fraction of sp³-hybridized carbons (Fsp3) is 0.0500. The first-order valence-electron chi connectivity index (χ1n) is 8.10. The molecule has 0 unspecified atom stereocenters. The van der Waals surface area contributed by atoms with Crippen molar-refractivity contribution in [3.8, 4) is 0 Å². The summed E-state index contributed by atoms with van der Waals surface area (Å²) < 4.78 is 27.8. The lowest BCUT2D eigenvalue weighted by Gasteiger charge is -2.14. The number of anilines is 2. The second-order valence-corrected chi connectivity index (χ2v) is 8.05. The van der Waals surface area contributed by atoms with Gasteiger partial charge in [0.15, 0.2) is 0 Å². The van der Waals surface area contributed by atoms with E-state index in [1.807, 2.05) is 13.0 Å². The van der Waals surface area contributed by atoms with Gasteiger partial charge < -0.3 is 5.32 Å². The summed E-state index contributed by atoms with van der Waals surface area (Å²) in [5.41, 5.74) is 1.89. The quantitative estimate of drug-likeness (QED) is 0.651. The lowest BCUT2D eigenvalue weighted by Crippen LogP contribution is -2.18. The number of hydrogen-bond donors (Lipinski definition) is 2. The van der Waals surface area contributed by atoms with Crippen molar-refractivity contribution in [2.45, 2.75) is 11.8 Å². The van der Waals surface area contributed by atoms with Crippen molar-refractivity contribution in [2.24, 2.45) is 0 Å². The largest absolute Gasteiger partial charge is 0.322 e. The molecule has 0 heterocycles. The Morgan fingerprint density at radius 1 is 0.926 bits per heavy atom. The zero-order valence-electron chi connectivity index (χ0n) is 14.4. The SMILES string of the molecule is Cc1ccc(NS(=O)(=O)c2ccc(Cl)cc2)c(C(=O)Nc2ccccc2)c1. The van der Waals surface area contributed by atoms with Gasteiger partial charge in [0.2, 0.25) is 0 Å². The Kier molecular flexibility index (Phi) is 5.48. The van der Waals surface area contributed by atoms with E-state index in [1.54, 1.807) is 42.5 Å². The van der Waals surface area contributed by atoms with Crippen LogP contribution in [0.4, 0.5) is 11.4 Å². The van der Waals surface area contributed by atoms with E-state index in [2.05, 4.69) is 10.0 Å². The maximum atomic E-state index is 12.7. The maximum absolute atomic E-state index is 12.7. The van der Waals surface area contributed by atoms with Crippen LogP contribution in [-0.4, -0.2) is 14.3 Å². The average molecular weight is 401 g/mol. The van der Waals surface area contributed by atoms with Crippen molar-refractivity contribution in [3.63, 3.8) is 0 Å². The molecule has 5 nitrogen and oxygen atoms in total. The van der Waals surface area contributed by atoms with Gasteiger partial charge in [0, 0.05) is 10.7 Å². The molecule has 0 aromatic heterocycles. The van der Waals surface area contributed by atoms with Crippen molar-refractivity contribution in [1.82, 2.24) is 0 Å². The van der Waals surface area contributed by atoms with Crippen LogP contribution < -0.4 is 10.0 Å². The van der Waals surface area contributed by atoms with Crippen LogP contribution in [0.2, 0.25) is 5.02 Å². The first-order chi connectivity index (χ1) is 12.8. The van der Waals surface area contributed by atoms with Gasteiger partial charge in [0.25, 0.3) is 15.9 Å². The third kappa shape index (κ3) is 4.67. The van der Waals surface area contributed by atoms with E-state index in [0.29, 0.717) is 10.7 Å². The summed E-state index contributed by atoms with van der Waals surface area (Å²) >= 11 is 5.82. The molecular formula is C20H17ClN2O3S. The molecule has 138 valence electrons. The Bertz CT molecular complexity index is 1070. The van der Waals surface area contributed by atoms with Gasteiger partial charge in [0.1, 0.15) is 0 Å². The molecule has 0 aliphatic heterocycles. The molecular weight excluding hydrogens is 384 g/mol. The number of aryl methyl sites for hydroxylation is 1. The van der Waals surface area contributed by atoms with E-state index in [0.717, 1.165) is 5.56 Å². The standard InChI is InChI=1S/C20H17ClN2O3S/c1-14-7-12-19(23-27(25,26)17-10-8-15(21)9-11-17)18(13-14)20(24)22-16-5-3-2-4-6-16/h2-13,23H,1H3,(H,22,24). The van der Waals surface area contributed by atoms with Gasteiger partial charge in [-0.15, -0.1) is 0 Å². The summed E-state index contributed by atoms with van der Waals surface area (Å²) in [7, 11) is -3.86. The Labute approximate surface area is 163 Å². The van der Waals surface area contributed by atoms with E-state index < -0.39 is 15.9 Å². The third-order valence-electron chi connectivity index (χ3n) is 3.82. The van der Waals surface area contributed by atoms with Gasteiger partial charge in [-0.3, -0.25) is 9.52 Å². The predicted molar refractivity (Wildman–Crippen MR) is 108 cm³/mol. The van der Waals surface area contributed by atoms with Crippen molar-refractivity contribution in [2.75, 3.05) is 10.0 Å². The Morgan fingerprint density at radius 3 is 2.26 bits per heavy atom. The fourth-order valence-electron chi connectivity index (χ4n) is 2.47. The monoisotopic (exact) mass is 400 g/mol. The van der Waals surface area contributed by atoms with Gasteiger partial charge in [-0.2, -0.15) is 0 Å². The average Bonchev–Trinajstić information content (AvgIpc) is 2.64. The van der Waals surface area contributed by atoms with Gasteiger partial charge in [-0.1, -0.05) is 41.4 Å². The van der Waals surface area contributed by atoms with Gasteiger partial charge in [-0.25, -0.2) is 8.42 Å². The highest BCUT2D eigenvalue weighted by molar-refractivity contribution is 7.92. The normalized spacial score (nSPS) is 11.0. The lowest BCUT2D eigenvalue weighted by molar-refractivity contribution is 0.102. The molecule has 0 fully saturated rings. The topological polar surface area (TPSA) is 75.3 Å². The first-order valence-corrected chi connectivity index (χ1v) is 9.97. The van der Waals surface area contributed by atoms with Crippen molar-refractivity contribution >= 4 is 38.9 Å². The van der Waals surface area contributed by atoms with Crippen LogP contribution in [-0.2, 0) is 10.0 Å². The van der Waals surface area contributed by atoms with Crippen LogP contribution in [0, 0.1) is 6.92 Å². The van der Waals surface area contributed by atoms with Crippen LogP contribution in [0.5, 0.6) is 0 Å². The van der Waals surface area contributed by atoms with Gasteiger partial charge in [-0.05, 0) is 55.5 Å². The number of para-hydroxylation sites is 1. The summed E-state index contributed by atoms with van der Waals surface area (Å²) in [6.45, 7) is 1.83. The summed E-state index contributed by atoms with van der Waals surface area (Å²) in [5, 5.41) is 3.20. The lowest BCUT2D eigenvalue weighted by atomic mass is 10.1. The van der Waals surface area contributed by atoms with Crippen molar-refractivity contribution in [1.29, 1.82) is 0 Å². The zero-order chi connectivity index (χ0) is 19.4. The highest BCUT2D eigenvalue weighted by atomic mass is 35.5. The van der Waals surface area contributed by atoms with Crippen LogP contribution in [0.1, 0.15) is 15.9 Å². The highest BCUT2D eigenvalue weighted by Gasteiger charge is 2.19. The Morgan fingerprint density at radius 2 is 1.59 bits per heavy atom. The minimum Gasteiger partial charge on any atom is -0.322 e. The Hall–Kier alpha value is -2.83. The first kappa shape index (κ1) is 18.9. The molecule has 0 atom stereocenters. The number of nitrogens with one attached hydrogen (secondary N) is 2. The zero-order valence-corrected chi connectivity index (χ0v) is 16.0. The maximum Gasteiger partial charge on any atom is 0.261 e. The van der Waals surface area contributed by atoms with E-state index in [4.69, 9.17) is 11.6 Å². The minimum atomic E-state index is -3.86. The number of carbonyl (C=O) groups excluding carboxylic acids is 1.